The van der Waals surface area contributed by atoms with Gasteiger partial charge in [-0.1, -0.05) is 109 Å². The van der Waals surface area contributed by atoms with Gasteiger partial charge in [-0.2, -0.15) is 0 Å². The zero-order valence-electron chi connectivity index (χ0n) is 25.8. The average molecular weight is 662 g/mol. The first-order chi connectivity index (χ1) is 24.3. The lowest BCUT2D eigenvalue weighted by molar-refractivity contribution is 1.02. The first-order valence-corrected chi connectivity index (χ1v) is 17.8. The molecule has 0 aliphatic rings. The molecule has 6 aromatic carbocycles. The SMILES string of the molecule is c1ccc(-c2ccc(-c3nc(-n4c5ccccc5c5c6sc7ncncc7c6c6c7ccccc7sc6c54)nc4ccccc34)cc2)cc1. The Kier molecular flexibility index (Phi) is 5.64. The second kappa shape index (κ2) is 10.2. The standard InChI is InChI=1S/C42H23N5S2/c1-2-10-24(11-3-1)25-18-20-26(21-19-25)37-27-12-4-7-15-31(27)45-42(46-37)47-32-16-8-5-13-28(32)36-38(47)40-34(29-14-6-9-17-33(29)48-40)35-30-22-43-23-44-41(30)49-39(35)36/h1-23H. The summed E-state index contributed by atoms with van der Waals surface area (Å²) < 4.78 is 5.98. The van der Waals surface area contributed by atoms with Crippen LogP contribution in [0, 0.1) is 0 Å². The van der Waals surface area contributed by atoms with Crippen molar-refractivity contribution in [3.05, 3.63) is 140 Å². The van der Waals surface area contributed by atoms with Crippen LogP contribution in [0.3, 0.4) is 0 Å². The van der Waals surface area contributed by atoms with Gasteiger partial charge in [0.2, 0.25) is 5.95 Å². The lowest BCUT2D eigenvalue weighted by atomic mass is 10.0. The van der Waals surface area contributed by atoms with E-state index in [1.165, 1.54) is 52.2 Å². The number of benzene rings is 6. The molecule has 11 aromatic rings. The summed E-state index contributed by atoms with van der Waals surface area (Å²) in [5, 5.41) is 8.21. The molecule has 0 bridgehead atoms. The Hall–Kier alpha value is -6.02. The number of thiophene rings is 2. The normalized spacial score (nSPS) is 12.1. The van der Waals surface area contributed by atoms with E-state index < -0.39 is 0 Å². The van der Waals surface area contributed by atoms with Crippen LogP contribution in [0.4, 0.5) is 0 Å². The van der Waals surface area contributed by atoms with Crippen LogP contribution in [0.1, 0.15) is 0 Å². The van der Waals surface area contributed by atoms with E-state index >= 15 is 0 Å². The summed E-state index contributed by atoms with van der Waals surface area (Å²) in [4.78, 5) is 20.9. The Morgan fingerprint density at radius 3 is 2.08 bits per heavy atom. The zero-order valence-corrected chi connectivity index (χ0v) is 27.5. The molecule has 0 saturated carbocycles. The molecular formula is C42H23N5S2. The molecule has 5 aromatic heterocycles. The lowest BCUT2D eigenvalue weighted by Crippen LogP contribution is -2.03. The van der Waals surface area contributed by atoms with E-state index in [4.69, 9.17) is 15.0 Å². The van der Waals surface area contributed by atoms with E-state index in [1.807, 2.05) is 23.6 Å². The molecule has 0 atom stereocenters. The average Bonchev–Trinajstić information content (AvgIpc) is 3.85. The number of hydrogen-bond donors (Lipinski definition) is 0. The van der Waals surface area contributed by atoms with E-state index in [9.17, 15) is 0 Å². The van der Waals surface area contributed by atoms with Crippen molar-refractivity contribution in [3.63, 3.8) is 0 Å². The third-order valence-electron chi connectivity index (χ3n) is 9.59. The van der Waals surface area contributed by atoms with Gasteiger partial charge in [0.25, 0.3) is 0 Å². The van der Waals surface area contributed by atoms with Gasteiger partial charge in [0.1, 0.15) is 11.2 Å². The molecule has 0 saturated heterocycles. The van der Waals surface area contributed by atoms with Crippen LogP contribution in [0.2, 0.25) is 0 Å². The third kappa shape index (κ3) is 3.85. The first kappa shape index (κ1) is 27.0. The summed E-state index contributed by atoms with van der Waals surface area (Å²) in [6.07, 6.45) is 3.62. The Balaban J connectivity index is 1.28. The highest BCUT2D eigenvalue weighted by molar-refractivity contribution is 7.29. The highest BCUT2D eigenvalue weighted by atomic mass is 32.1. The molecule has 0 unspecified atom stereocenters. The molecule has 5 heterocycles. The molecule has 0 radical (unpaired) electrons. The van der Waals surface area contributed by atoms with E-state index in [-0.39, 0.29) is 0 Å². The number of nitrogens with zero attached hydrogens (tertiary/aromatic N) is 5. The van der Waals surface area contributed by atoms with Crippen LogP contribution in [0.25, 0.3) is 102 Å². The third-order valence-corrected chi connectivity index (χ3v) is 11.9. The summed E-state index contributed by atoms with van der Waals surface area (Å²) in [6.45, 7) is 0. The molecule has 0 fully saturated rings. The summed E-state index contributed by atoms with van der Waals surface area (Å²) in [6, 6.07) is 44.9. The number of para-hydroxylation sites is 2. The fourth-order valence-electron chi connectivity index (χ4n) is 7.45. The van der Waals surface area contributed by atoms with Crippen molar-refractivity contribution in [1.82, 2.24) is 24.5 Å². The van der Waals surface area contributed by atoms with Crippen molar-refractivity contribution < 1.29 is 0 Å². The highest BCUT2D eigenvalue weighted by Crippen LogP contribution is 2.51. The maximum absolute atomic E-state index is 5.44. The van der Waals surface area contributed by atoms with Crippen LogP contribution >= 0.6 is 22.7 Å². The lowest BCUT2D eigenvalue weighted by Gasteiger charge is -2.12. The van der Waals surface area contributed by atoms with Gasteiger partial charge < -0.3 is 0 Å². The smallest absolute Gasteiger partial charge is 0.235 e. The minimum Gasteiger partial charge on any atom is -0.276 e. The van der Waals surface area contributed by atoms with Crippen molar-refractivity contribution in [2.24, 2.45) is 0 Å². The van der Waals surface area contributed by atoms with Crippen LogP contribution in [-0.2, 0) is 0 Å². The van der Waals surface area contributed by atoms with E-state index in [1.54, 1.807) is 17.7 Å². The van der Waals surface area contributed by atoms with Gasteiger partial charge in [0.05, 0.1) is 26.9 Å². The quantitative estimate of drug-likeness (QED) is 0.189. The molecular weight excluding hydrogens is 639 g/mol. The number of aromatic nitrogens is 5. The Morgan fingerprint density at radius 1 is 0.510 bits per heavy atom. The molecule has 5 nitrogen and oxygen atoms in total. The van der Waals surface area contributed by atoms with Crippen molar-refractivity contribution in [2.45, 2.75) is 0 Å². The maximum Gasteiger partial charge on any atom is 0.235 e. The maximum atomic E-state index is 5.44. The molecule has 228 valence electrons. The van der Waals surface area contributed by atoms with Gasteiger partial charge in [-0.15, -0.1) is 22.7 Å². The summed E-state index contributed by atoms with van der Waals surface area (Å²) in [5.74, 6) is 0.658. The number of hydrogen-bond acceptors (Lipinski definition) is 6. The van der Waals surface area contributed by atoms with Crippen molar-refractivity contribution >= 4 is 95.9 Å². The molecule has 0 aliphatic heterocycles. The summed E-state index contributed by atoms with van der Waals surface area (Å²) in [5.41, 5.74) is 7.45. The zero-order chi connectivity index (χ0) is 32.1. The van der Waals surface area contributed by atoms with Crippen LogP contribution in [-0.4, -0.2) is 24.5 Å². The molecule has 0 aliphatic carbocycles. The second-order valence-electron chi connectivity index (χ2n) is 12.3. The van der Waals surface area contributed by atoms with Gasteiger partial charge in [-0.3, -0.25) is 4.57 Å². The Bertz CT molecular complexity index is 3100. The fourth-order valence-corrected chi connectivity index (χ4v) is 9.89. The number of rotatable bonds is 3. The van der Waals surface area contributed by atoms with Gasteiger partial charge >= 0.3 is 0 Å². The van der Waals surface area contributed by atoms with Gasteiger partial charge in [0.15, 0.2) is 0 Å². The summed E-state index contributed by atoms with van der Waals surface area (Å²) >= 11 is 3.58. The van der Waals surface area contributed by atoms with Gasteiger partial charge in [-0.05, 0) is 29.3 Å². The molecule has 0 N–H and O–H groups in total. The predicted molar refractivity (Wildman–Crippen MR) is 206 cm³/mol. The predicted octanol–water partition coefficient (Wildman–Crippen LogP) is 11.6. The Morgan fingerprint density at radius 2 is 1.20 bits per heavy atom. The fraction of sp³-hybridized carbons (Fsp3) is 0. The van der Waals surface area contributed by atoms with E-state index in [0.717, 1.165) is 43.4 Å². The van der Waals surface area contributed by atoms with Crippen molar-refractivity contribution in [3.8, 4) is 28.3 Å². The van der Waals surface area contributed by atoms with Crippen LogP contribution < -0.4 is 0 Å². The first-order valence-electron chi connectivity index (χ1n) is 16.1. The topological polar surface area (TPSA) is 56.5 Å². The minimum atomic E-state index is 0.658. The van der Waals surface area contributed by atoms with Gasteiger partial charge in [0, 0.05) is 58.9 Å². The van der Waals surface area contributed by atoms with Gasteiger partial charge in [-0.25, -0.2) is 19.9 Å². The second-order valence-corrected chi connectivity index (χ2v) is 14.3. The van der Waals surface area contributed by atoms with Crippen LogP contribution in [0.15, 0.2) is 140 Å². The van der Waals surface area contributed by atoms with Crippen LogP contribution in [0.5, 0.6) is 0 Å². The Labute approximate surface area is 287 Å². The van der Waals surface area contributed by atoms with E-state index in [2.05, 4.69) is 131 Å². The molecule has 0 spiro atoms. The molecule has 7 heteroatoms. The van der Waals surface area contributed by atoms with Crippen molar-refractivity contribution in [2.75, 3.05) is 0 Å². The van der Waals surface area contributed by atoms with Crippen molar-refractivity contribution in [1.29, 1.82) is 0 Å². The molecule has 49 heavy (non-hydrogen) atoms. The monoisotopic (exact) mass is 661 g/mol. The minimum absolute atomic E-state index is 0.658. The largest absolute Gasteiger partial charge is 0.276 e. The summed E-state index contributed by atoms with van der Waals surface area (Å²) in [7, 11) is 0. The van der Waals surface area contributed by atoms with E-state index in [0.29, 0.717) is 5.95 Å². The molecule has 11 rings (SSSR count). The molecule has 0 amide bonds. The number of fused-ring (bicyclic) bond motifs is 13. The highest BCUT2D eigenvalue weighted by Gasteiger charge is 2.26.